The Balaban J connectivity index is 1.57. The molecular formula is C18H16ClF3N2O3S. The molecule has 0 radical (unpaired) electrons. The van der Waals surface area contributed by atoms with Crippen molar-refractivity contribution in [2.45, 2.75) is 29.2 Å². The first-order valence-electron chi connectivity index (χ1n) is 8.38. The lowest BCUT2D eigenvalue weighted by Gasteiger charge is -2.35. The van der Waals surface area contributed by atoms with Crippen LogP contribution in [0, 0.1) is 5.92 Å². The van der Waals surface area contributed by atoms with Crippen LogP contribution in [0.2, 0.25) is 5.02 Å². The SMILES string of the molecule is O=C(NC[C@H]1C[C@H](S(=O)(=O)c2cccc(C(F)(F)F)c2)C1)c1ccc(Cl)cn1. The molecule has 1 aliphatic rings. The molecule has 3 rings (SSSR count). The fraction of sp³-hybridized carbons (Fsp3) is 0.333. The molecule has 5 nitrogen and oxygen atoms in total. The lowest BCUT2D eigenvalue weighted by atomic mass is 9.85. The van der Waals surface area contributed by atoms with E-state index in [2.05, 4.69) is 10.3 Å². The van der Waals surface area contributed by atoms with Crippen molar-refractivity contribution < 1.29 is 26.4 Å². The number of hydrogen-bond donors (Lipinski definition) is 1. The van der Waals surface area contributed by atoms with Crippen molar-refractivity contribution in [2.24, 2.45) is 5.92 Å². The van der Waals surface area contributed by atoms with Crippen LogP contribution >= 0.6 is 11.6 Å². The van der Waals surface area contributed by atoms with Gasteiger partial charge >= 0.3 is 6.18 Å². The van der Waals surface area contributed by atoms with Crippen LogP contribution in [0.25, 0.3) is 0 Å². The minimum absolute atomic E-state index is 0.0678. The van der Waals surface area contributed by atoms with Gasteiger partial charge in [0.25, 0.3) is 5.91 Å². The molecule has 1 saturated carbocycles. The number of benzene rings is 1. The Morgan fingerprint density at radius 2 is 1.93 bits per heavy atom. The zero-order chi connectivity index (χ0) is 20.5. The van der Waals surface area contributed by atoms with E-state index in [9.17, 15) is 26.4 Å². The Hall–Kier alpha value is -2.13. The van der Waals surface area contributed by atoms with Gasteiger partial charge in [0, 0.05) is 12.7 Å². The summed E-state index contributed by atoms with van der Waals surface area (Å²) in [7, 11) is -3.85. The maximum absolute atomic E-state index is 12.8. The molecule has 1 aromatic heterocycles. The molecule has 1 aromatic carbocycles. The van der Waals surface area contributed by atoms with Gasteiger partial charge in [-0.2, -0.15) is 13.2 Å². The van der Waals surface area contributed by atoms with E-state index in [0.29, 0.717) is 11.1 Å². The number of pyridine rings is 1. The monoisotopic (exact) mass is 432 g/mol. The van der Waals surface area contributed by atoms with Crippen LogP contribution in [-0.4, -0.2) is 31.1 Å². The number of hydrogen-bond acceptors (Lipinski definition) is 4. The first-order chi connectivity index (χ1) is 13.1. The third-order valence-electron chi connectivity index (χ3n) is 4.63. The number of amides is 1. The standard InChI is InChI=1S/C18H16ClF3N2O3S/c19-13-4-5-16(23-10-13)17(25)24-9-11-6-15(7-11)28(26,27)14-3-1-2-12(8-14)18(20,21)22/h1-5,8,10-11,15H,6-7,9H2,(H,24,25)/t11-,15-. The number of halogens is 4. The van der Waals surface area contributed by atoms with Gasteiger partial charge < -0.3 is 5.32 Å². The van der Waals surface area contributed by atoms with Crippen molar-refractivity contribution in [3.05, 3.63) is 58.9 Å². The highest BCUT2D eigenvalue weighted by Gasteiger charge is 2.40. The Kier molecular flexibility index (Phi) is 5.67. The summed E-state index contributed by atoms with van der Waals surface area (Å²) in [5, 5.41) is 2.32. The molecular weight excluding hydrogens is 417 g/mol. The van der Waals surface area contributed by atoms with E-state index in [4.69, 9.17) is 11.6 Å². The number of nitrogens with one attached hydrogen (secondary N) is 1. The average molecular weight is 433 g/mol. The van der Waals surface area contributed by atoms with Crippen molar-refractivity contribution in [1.29, 1.82) is 0 Å². The fourth-order valence-corrected chi connectivity index (χ4v) is 5.08. The van der Waals surface area contributed by atoms with Gasteiger partial charge in [0.05, 0.1) is 20.7 Å². The molecule has 0 atom stereocenters. The molecule has 28 heavy (non-hydrogen) atoms. The summed E-state index contributed by atoms with van der Waals surface area (Å²) >= 11 is 5.71. The van der Waals surface area contributed by atoms with E-state index in [1.54, 1.807) is 0 Å². The predicted molar refractivity (Wildman–Crippen MR) is 96.7 cm³/mol. The number of carbonyl (C=O) groups is 1. The zero-order valence-corrected chi connectivity index (χ0v) is 16.0. The molecule has 1 fully saturated rings. The molecule has 1 N–H and O–H groups in total. The summed E-state index contributed by atoms with van der Waals surface area (Å²) in [5.74, 6) is -0.470. The van der Waals surface area contributed by atoms with Crippen LogP contribution in [0.3, 0.4) is 0 Å². The third kappa shape index (κ3) is 4.47. The van der Waals surface area contributed by atoms with Crippen LogP contribution in [0.5, 0.6) is 0 Å². The minimum atomic E-state index is -4.60. The van der Waals surface area contributed by atoms with Gasteiger partial charge in [-0.3, -0.25) is 4.79 Å². The highest BCUT2D eigenvalue weighted by Crippen LogP contribution is 2.37. The highest BCUT2D eigenvalue weighted by molar-refractivity contribution is 7.92. The molecule has 0 bridgehead atoms. The summed E-state index contributed by atoms with van der Waals surface area (Å²) in [5.41, 5.74) is -0.802. The van der Waals surface area contributed by atoms with E-state index in [1.807, 2.05) is 0 Å². The van der Waals surface area contributed by atoms with Crippen molar-refractivity contribution in [3.8, 4) is 0 Å². The normalized spacial score (nSPS) is 19.7. The van der Waals surface area contributed by atoms with Crippen molar-refractivity contribution in [2.75, 3.05) is 6.54 Å². The van der Waals surface area contributed by atoms with Gasteiger partial charge in [-0.25, -0.2) is 13.4 Å². The molecule has 0 unspecified atom stereocenters. The fourth-order valence-electron chi connectivity index (χ4n) is 2.97. The van der Waals surface area contributed by atoms with Gasteiger partial charge in [-0.05, 0) is 49.1 Å². The zero-order valence-electron chi connectivity index (χ0n) is 14.4. The largest absolute Gasteiger partial charge is 0.416 e. The Labute approximate surface area is 164 Å². The van der Waals surface area contributed by atoms with Crippen molar-refractivity contribution in [1.82, 2.24) is 10.3 Å². The van der Waals surface area contributed by atoms with Gasteiger partial charge in [0.2, 0.25) is 0 Å². The Morgan fingerprint density at radius 1 is 1.21 bits per heavy atom. The maximum atomic E-state index is 12.8. The molecule has 1 amide bonds. The van der Waals surface area contributed by atoms with Crippen LogP contribution in [0.15, 0.2) is 47.5 Å². The highest BCUT2D eigenvalue weighted by atomic mass is 35.5. The molecule has 1 heterocycles. The van der Waals surface area contributed by atoms with E-state index in [-0.39, 0.29) is 35.9 Å². The number of nitrogens with zero attached hydrogens (tertiary/aromatic N) is 1. The van der Waals surface area contributed by atoms with Gasteiger partial charge in [0.15, 0.2) is 9.84 Å². The summed E-state index contributed by atoms with van der Waals surface area (Å²) < 4.78 is 63.5. The summed E-state index contributed by atoms with van der Waals surface area (Å²) in [6.07, 6.45) is -2.72. The van der Waals surface area contributed by atoms with Gasteiger partial charge in [-0.1, -0.05) is 17.7 Å². The quantitative estimate of drug-likeness (QED) is 0.781. The first-order valence-corrected chi connectivity index (χ1v) is 10.3. The van der Waals surface area contributed by atoms with E-state index in [0.717, 1.165) is 12.1 Å². The molecule has 2 aromatic rings. The van der Waals surface area contributed by atoms with Crippen molar-refractivity contribution >= 4 is 27.3 Å². The number of sulfone groups is 1. The second kappa shape index (κ2) is 7.71. The summed E-state index contributed by atoms with van der Waals surface area (Å²) in [4.78, 5) is 15.5. The number of alkyl halides is 3. The molecule has 0 aliphatic heterocycles. The Morgan fingerprint density at radius 3 is 2.54 bits per heavy atom. The van der Waals surface area contributed by atoms with E-state index in [1.165, 1.54) is 24.4 Å². The van der Waals surface area contributed by atoms with E-state index < -0.39 is 32.7 Å². The van der Waals surface area contributed by atoms with Crippen LogP contribution in [0.4, 0.5) is 13.2 Å². The molecule has 150 valence electrons. The Bertz CT molecular complexity index is 972. The number of aromatic nitrogens is 1. The first kappa shape index (κ1) is 20.6. The van der Waals surface area contributed by atoms with E-state index >= 15 is 0 Å². The molecule has 0 spiro atoms. The lowest BCUT2D eigenvalue weighted by molar-refractivity contribution is -0.137. The van der Waals surface area contributed by atoms with Crippen LogP contribution in [-0.2, 0) is 16.0 Å². The lowest BCUT2D eigenvalue weighted by Crippen LogP contribution is -2.42. The third-order valence-corrected chi connectivity index (χ3v) is 7.03. The topological polar surface area (TPSA) is 76.1 Å². The minimum Gasteiger partial charge on any atom is -0.350 e. The number of rotatable bonds is 5. The molecule has 1 aliphatic carbocycles. The van der Waals surface area contributed by atoms with Crippen LogP contribution < -0.4 is 5.32 Å². The summed E-state index contributed by atoms with van der Waals surface area (Å²) in [6.45, 7) is 0.262. The number of carbonyl (C=O) groups excluding carboxylic acids is 1. The van der Waals surface area contributed by atoms with Crippen molar-refractivity contribution in [3.63, 3.8) is 0 Å². The molecule has 0 saturated heterocycles. The predicted octanol–water partition coefficient (Wildman–Crippen LogP) is 3.74. The average Bonchev–Trinajstić information content (AvgIpc) is 2.60. The maximum Gasteiger partial charge on any atom is 0.416 e. The smallest absolute Gasteiger partial charge is 0.350 e. The summed E-state index contributed by atoms with van der Waals surface area (Å²) in [6, 6.07) is 6.76. The van der Waals surface area contributed by atoms with Gasteiger partial charge in [-0.15, -0.1) is 0 Å². The molecule has 10 heteroatoms. The second-order valence-electron chi connectivity index (χ2n) is 6.60. The van der Waals surface area contributed by atoms with Gasteiger partial charge in [0.1, 0.15) is 5.69 Å². The second-order valence-corrected chi connectivity index (χ2v) is 9.27. The van der Waals surface area contributed by atoms with Crippen LogP contribution in [0.1, 0.15) is 28.9 Å².